The summed E-state index contributed by atoms with van der Waals surface area (Å²) in [7, 11) is 0. The maximum Gasteiger partial charge on any atom is 0.321 e. The fourth-order valence-corrected chi connectivity index (χ4v) is 1.35. The van der Waals surface area contributed by atoms with E-state index in [-0.39, 0.29) is 12.4 Å². The molecule has 1 atom stereocenters. The predicted molar refractivity (Wildman–Crippen MR) is 47.8 cm³/mol. The molecule has 1 aromatic heterocycles. The first kappa shape index (κ1) is 10.0. The van der Waals surface area contributed by atoms with Crippen LogP contribution in [0.1, 0.15) is 11.4 Å². The maximum atomic E-state index is 10.6. The van der Waals surface area contributed by atoms with Crippen LogP contribution in [0.2, 0.25) is 0 Å². The zero-order valence-corrected chi connectivity index (χ0v) is 7.60. The highest BCUT2D eigenvalue weighted by Crippen LogP contribution is 2.11. The predicted octanol–water partition coefficient (Wildman–Crippen LogP) is -0.0696. The average molecular weight is 204 g/mol. The molecule has 0 spiro atoms. The standard InChI is InChI=1S/C7H9N3O2.ClH/c11-7(12)5-1-4-6(2-8-5)10-3-9-4;/h3,5,8H,1-2H2,(H,9,10)(H,11,12);1H/t5-;/m0./s1. The third-order valence-corrected chi connectivity index (χ3v) is 2.03. The van der Waals surface area contributed by atoms with Crippen LogP contribution in [0, 0.1) is 0 Å². The van der Waals surface area contributed by atoms with Crippen molar-refractivity contribution < 1.29 is 9.90 Å². The van der Waals surface area contributed by atoms with E-state index < -0.39 is 12.0 Å². The number of hydrogen-bond acceptors (Lipinski definition) is 3. The number of carboxylic acid groups (broad SMARTS) is 1. The first-order chi connectivity index (χ1) is 5.77. The Morgan fingerprint density at radius 1 is 1.69 bits per heavy atom. The van der Waals surface area contributed by atoms with Gasteiger partial charge in [0.1, 0.15) is 6.04 Å². The van der Waals surface area contributed by atoms with Crippen molar-refractivity contribution in [3.05, 3.63) is 17.7 Å². The van der Waals surface area contributed by atoms with Gasteiger partial charge in [0.2, 0.25) is 0 Å². The highest BCUT2D eigenvalue weighted by Gasteiger charge is 2.24. The number of fused-ring (bicyclic) bond motifs is 1. The van der Waals surface area contributed by atoms with E-state index >= 15 is 0 Å². The van der Waals surface area contributed by atoms with Crippen LogP contribution < -0.4 is 5.32 Å². The minimum absolute atomic E-state index is 0. The van der Waals surface area contributed by atoms with Gasteiger partial charge in [-0.3, -0.25) is 10.1 Å². The molecule has 1 aliphatic rings. The number of H-pyrrole nitrogens is 1. The largest absolute Gasteiger partial charge is 0.480 e. The minimum atomic E-state index is -0.810. The zero-order chi connectivity index (χ0) is 8.55. The number of rotatable bonds is 1. The molecule has 2 heterocycles. The Kier molecular flexibility index (Phi) is 2.90. The summed E-state index contributed by atoms with van der Waals surface area (Å²) in [5.74, 6) is -0.810. The molecule has 0 radical (unpaired) electrons. The van der Waals surface area contributed by atoms with Crippen molar-refractivity contribution in [1.82, 2.24) is 15.3 Å². The summed E-state index contributed by atoms with van der Waals surface area (Å²) in [4.78, 5) is 17.6. The number of aromatic nitrogens is 2. The average Bonchev–Trinajstić information content (AvgIpc) is 2.49. The van der Waals surface area contributed by atoms with Crippen LogP contribution in [0.15, 0.2) is 6.33 Å². The number of aliphatic carboxylic acids is 1. The lowest BCUT2D eigenvalue weighted by molar-refractivity contribution is -0.139. The lowest BCUT2D eigenvalue weighted by Crippen LogP contribution is -2.41. The van der Waals surface area contributed by atoms with Gasteiger partial charge in [0, 0.05) is 18.7 Å². The number of carboxylic acids is 1. The van der Waals surface area contributed by atoms with Gasteiger partial charge >= 0.3 is 5.97 Å². The summed E-state index contributed by atoms with van der Waals surface area (Å²) in [6, 6.07) is -0.474. The number of halogens is 1. The molecule has 0 saturated carbocycles. The van der Waals surface area contributed by atoms with Crippen LogP contribution in [0.25, 0.3) is 0 Å². The van der Waals surface area contributed by atoms with E-state index in [1.807, 2.05) is 0 Å². The molecule has 1 aliphatic heterocycles. The Morgan fingerprint density at radius 3 is 3.15 bits per heavy atom. The van der Waals surface area contributed by atoms with E-state index in [4.69, 9.17) is 5.11 Å². The summed E-state index contributed by atoms with van der Waals surface area (Å²) in [6.07, 6.45) is 2.08. The summed E-state index contributed by atoms with van der Waals surface area (Å²) < 4.78 is 0. The molecule has 0 fully saturated rings. The number of carbonyl (C=O) groups is 1. The zero-order valence-electron chi connectivity index (χ0n) is 6.78. The quantitative estimate of drug-likeness (QED) is 0.597. The number of hydrogen-bond donors (Lipinski definition) is 3. The first-order valence-electron chi connectivity index (χ1n) is 3.74. The van der Waals surface area contributed by atoms with Gasteiger partial charge in [0.05, 0.1) is 12.0 Å². The number of nitrogens with zero attached hydrogens (tertiary/aromatic N) is 1. The van der Waals surface area contributed by atoms with Crippen molar-refractivity contribution in [3.63, 3.8) is 0 Å². The molecule has 0 saturated heterocycles. The number of imidazole rings is 1. The van der Waals surface area contributed by atoms with Crippen LogP contribution in [-0.2, 0) is 17.8 Å². The second-order valence-corrected chi connectivity index (χ2v) is 2.80. The van der Waals surface area contributed by atoms with Crippen LogP contribution in [-0.4, -0.2) is 27.1 Å². The van der Waals surface area contributed by atoms with E-state index in [1.165, 1.54) is 0 Å². The molecule has 3 N–H and O–H groups in total. The van der Waals surface area contributed by atoms with Crippen molar-refractivity contribution in [3.8, 4) is 0 Å². The van der Waals surface area contributed by atoms with Crippen molar-refractivity contribution in [1.29, 1.82) is 0 Å². The van der Waals surface area contributed by atoms with Crippen molar-refractivity contribution in [2.75, 3.05) is 0 Å². The van der Waals surface area contributed by atoms with Gasteiger partial charge in [-0.2, -0.15) is 0 Å². The van der Waals surface area contributed by atoms with Gasteiger partial charge in [0.25, 0.3) is 0 Å². The molecule has 72 valence electrons. The van der Waals surface area contributed by atoms with E-state index in [0.717, 1.165) is 11.4 Å². The Labute approximate surface area is 81.0 Å². The third-order valence-electron chi connectivity index (χ3n) is 2.03. The summed E-state index contributed by atoms with van der Waals surface area (Å²) >= 11 is 0. The molecule has 1 aromatic rings. The van der Waals surface area contributed by atoms with Crippen molar-refractivity contribution >= 4 is 18.4 Å². The Morgan fingerprint density at radius 2 is 2.46 bits per heavy atom. The Hall–Kier alpha value is -1.07. The fourth-order valence-electron chi connectivity index (χ4n) is 1.35. The fraction of sp³-hybridized carbons (Fsp3) is 0.429. The highest BCUT2D eigenvalue weighted by atomic mass is 35.5. The molecular formula is C7H10ClN3O2. The van der Waals surface area contributed by atoms with Crippen LogP contribution in [0.3, 0.4) is 0 Å². The molecule has 13 heavy (non-hydrogen) atoms. The van der Waals surface area contributed by atoms with Crippen LogP contribution >= 0.6 is 12.4 Å². The lowest BCUT2D eigenvalue weighted by atomic mass is 10.1. The highest BCUT2D eigenvalue weighted by molar-refractivity contribution is 5.85. The monoisotopic (exact) mass is 203 g/mol. The molecular weight excluding hydrogens is 194 g/mol. The van der Waals surface area contributed by atoms with Gasteiger partial charge in [0.15, 0.2) is 0 Å². The first-order valence-corrected chi connectivity index (χ1v) is 3.74. The van der Waals surface area contributed by atoms with E-state index in [1.54, 1.807) is 6.33 Å². The Balaban J connectivity index is 0.000000845. The molecule has 0 bridgehead atoms. The number of aromatic amines is 1. The summed E-state index contributed by atoms with van der Waals surface area (Å²) in [6.45, 7) is 0.538. The lowest BCUT2D eigenvalue weighted by Gasteiger charge is -2.18. The molecule has 0 aromatic carbocycles. The molecule has 0 unspecified atom stereocenters. The van der Waals surface area contributed by atoms with Gasteiger partial charge < -0.3 is 10.1 Å². The normalized spacial score (nSPS) is 20.2. The summed E-state index contributed by atoms with van der Waals surface area (Å²) in [5.41, 5.74) is 1.86. The van der Waals surface area contributed by atoms with Crippen molar-refractivity contribution in [2.24, 2.45) is 0 Å². The van der Waals surface area contributed by atoms with Gasteiger partial charge in [-0.15, -0.1) is 12.4 Å². The van der Waals surface area contributed by atoms with E-state index in [2.05, 4.69) is 15.3 Å². The van der Waals surface area contributed by atoms with E-state index in [9.17, 15) is 4.79 Å². The van der Waals surface area contributed by atoms with Crippen molar-refractivity contribution in [2.45, 2.75) is 19.0 Å². The maximum absolute atomic E-state index is 10.6. The topological polar surface area (TPSA) is 78.0 Å². The van der Waals surface area contributed by atoms with Gasteiger partial charge in [-0.1, -0.05) is 0 Å². The van der Waals surface area contributed by atoms with Crippen LogP contribution in [0.5, 0.6) is 0 Å². The second-order valence-electron chi connectivity index (χ2n) is 2.80. The summed E-state index contributed by atoms with van der Waals surface area (Å²) in [5, 5.41) is 11.6. The third kappa shape index (κ3) is 1.81. The molecule has 5 nitrogen and oxygen atoms in total. The number of nitrogens with one attached hydrogen (secondary N) is 2. The van der Waals surface area contributed by atoms with E-state index in [0.29, 0.717) is 13.0 Å². The van der Waals surface area contributed by atoms with Gasteiger partial charge in [-0.05, 0) is 0 Å². The molecule has 0 aliphatic carbocycles. The van der Waals surface area contributed by atoms with Crippen LogP contribution in [0.4, 0.5) is 0 Å². The SMILES string of the molecule is Cl.O=C(O)[C@@H]1Cc2[nH]cnc2CN1. The Bertz CT molecular complexity index is 312. The van der Waals surface area contributed by atoms with Gasteiger partial charge in [-0.25, -0.2) is 4.98 Å². The minimum Gasteiger partial charge on any atom is -0.480 e. The second kappa shape index (κ2) is 3.76. The smallest absolute Gasteiger partial charge is 0.321 e. The molecule has 2 rings (SSSR count). The molecule has 6 heteroatoms. The molecule has 0 amide bonds.